The third-order valence-electron chi connectivity index (χ3n) is 3.69. The van der Waals surface area contributed by atoms with Crippen LogP contribution >= 0.6 is 11.3 Å². The molecule has 6 heteroatoms. The van der Waals surface area contributed by atoms with Crippen molar-refractivity contribution >= 4 is 28.2 Å². The minimum absolute atomic E-state index is 0.554. The van der Waals surface area contributed by atoms with Gasteiger partial charge in [0, 0.05) is 24.0 Å². The number of aryl methyl sites for hydroxylation is 4. The minimum Gasteiger partial charge on any atom is -0.383 e. The molecule has 104 valence electrons. The lowest BCUT2D eigenvalue weighted by Gasteiger charge is -2.06. The zero-order valence-corrected chi connectivity index (χ0v) is 12.7. The summed E-state index contributed by atoms with van der Waals surface area (Å²) in [6, 6.07) is 0. The number of nitrogens with zero attached hydrogens (tertiary/aromatic N) is 4. The van der Waals surface area contributed by atoms with E-state index in [0.29, 0.717) is 5.82 Å². The van der Waals surface area contributed by atoms with Crippen LogP contribution in [0.4, 0.5) is 5.82 Å². The molecule has 3 heterocycles. The summed E-state index contributed by atoms with van der Waals surface area (Å²) in [5.74, 6) is 0.554. The van der Waals surface area contributed by atoms with Crippen molar-refractivity contribution in [2.24, 2.45) is 0 Å². The second-order valence-corrected chi connectivity index (χ2v) is 5.99. The summed E-state index contributed by atoms with van der Waals surface area (Å²) >= 11 is 1.69. The van der Waals surface area contributed by atoms with Gasteiger partial charge in [0.15, 0.2) is 0 Å². The zero-order valence-electron chi connectivity index (χ0n) is 11.8. The van der Waals surface area contributed by atoms with Gasteiger partial charge in [0.1, 0.15) is 17.8 Å². The fourth-order valence-corrected chi connectivity index (χ4v) is 3.17. The Balaban J connectivity index is 1.99. The van der Waals surface area contributed by atoms with Crippen molar-refractivity contribution in [2.75, 3.05) is 5.73 Å². The molecule has 0 saturated carbocycles. The third kappa shape index (κ3) is 2.06. The van der Waals surface area contributed by atoms with Crippen molar-refractivity contribution in [1.29, 1.82) is 0 Å². The van der Waals surface area contributed by atoms with E-state index in [9.17, 15) is 0 Å². The minimum atomic E-state index is 0.554. The fraction of sp³-hybridized carbons (Fsp3) is 0.357. The van der Waals surface area contributed by atoms with E-state index in [2.05, 4.69) is 38.7 Å². The topological polar surface area (TPSA) is 69.6 Å². The lowest BCUT2D eigenvalue weighted by molar-refractivity contribution is 0.685. The van der Waals surface area contributed by atoms with Crippen LogP contribution in [0.15, 0.2) is 11.7 Å². The van der Waals surface area contributed by atoms with E-state index < -0.39 is 0 Å². The van der Waals surface area contributed by atoms with E-state index >= 15 is 0 Å². The third-order valence-corrected chi connectivity index (χ3v) is 4.52. The summed E-state index contributed by atoms with van der Waals surface area (Å²) < 4.78 is 2.21. The molecule has 20 heavy (non-hydrogen) atoms. The van der Waals surface area contributed by atoms with E-state index in [1.165, 1.54) is 12.0 Å². The van der Waals surface area contributed by atoms with Gasteiger partial charge in [-0.2, -0.15) is 0 Å². The number of aromatic nitrogens is 4. The van der Waals surface area contributed by atoms with Gasteiger partial charge in [0.05, 0.1) is 16.1 Å². The Morgan fingerprint density at radius 1 is 1.25 bits per heavy atom. The number of thiazole rings is 1. The molecule has 0 radical (unpaired) electrons. The molecule has 0 amide bonds. The molecular formula is C14H17N5S. The summed E-state index contributed by atoms with van der Waals surface area (Å²) in [5, 5.41) is 4.20. The quantitative estimate of drug-likeness (QED) is 0.804. The van der Waals surface area contributed by atoms with Crippen LogP contribution < -0.4 is 5.73 Å². The second-order valence-electron chi connectivity index (χ2n) is 4.93. The van der Waals surface area contributed by atoms with Crippen molar-refractivity contribution in [3.63, 3.8) is 0 Å². The molecular weight excluding hydrogens is 270 g/mol. The highest BCUT2D eigenvalue weighted by Gasteiger charge is 2.15. The highest BCUT2D eigenvalue weighted by molar-refractivity contribution is 7.09. The molecule has 0 aromatic carbocycles. The molecule has 0 aliphatic rings. The van der Waals surface area contributed by atoms with Gasteiger partial charge in [-0.05, 0) is 26.3 Å². The summed E-state index contributed by atoms with van der Waals surface area (Å²) in [7, 11) is 0. The SMILES string of the molecule is Cc1nc(CCn2c(C)c(C)c3c(N)ncnc32)cs1. The first-order valence-corrected chi connectivity index (χ1v) is 7.42. The molecule has 0 unspecified atom stereocenters. The van der Waals surface area contributed by atoms with Crippen molar-refractivity contribution in [3.8, 4) is 0 Å². The van der Waals surface area contributed by atoms with Crippen LogP contribution in [0.3, 0.4) is 0 Å². The monoisotopic (exact) mass is 287 g/mol. The maximum atomic E-state index is 5.97. The van der Waals surface area contributed by atoms with Gasteiger partial charge in [-0.25, -0.2) is 15.0 Å². The van der Waals surface area contributed by atoms with Crippen LogP contribution in [-0.2, 0) is 13.0 Å². The van der Waals surface area contributed by atoms with E-state index in [4.69, 9.17) is 5.73 Å². The van der Waals surface area contributed by atoms with E-state index in [1.807, 2.05) is 6.92 Å². The molecule has 5 nitrogen and oxygen atoms in total. The number of anilines is 1. The Bertz CT molecular complexity index is 771. The number of nitrogen functional groups attached to an aromatic ring is 1. The summed E-state index contributed by atoms with van der Waals surface area (Å²) in [6.45, 7) is 7.06. The van der Waals surface area contributed by atoms with Gasteiger partial charge >= 0.3 is 0 Å². The Labute approximate surface area is 121 Å². The Hall–Kier alpha value is -1.95. The smallest absolute Gasteiger partial charge is 0.145 e. The molecule has 0 saturated heterocycles. The largest absolute Gasteiger partial charge is 0.383 e. The molecule has 3 rings (SSSR count). The van der Waals surface area contributed by atoms with E-state index in [1.54, 1.807) is 11.3 Å². The molecule has 0 aliphatic carbocycles. The number of hydrogen-bond acceptors (Lipinski definition) is 5. The highest BCUT2D eigenvalue weighted by Crippen LogP contribution is 2.27. The van der Waals surface area contributed by atoms with Gasteiger partial charge in [0.2, 0.25) is 0 Å². The molecule has 0 fully saturated rings. The predicted molar refractivity (Wildman–Crippen MR) is 82.0 cm³/mol. The first-order valence-electron chi connectivity index (χ1n) is 6.54. The Morgan fingerprint density at radius 3 is 2.75 bits per heavy atom. The van der Waals surface area contributed by atoms with Gasteiger partial charge < -0.3 is 10.3 Å². The van der Waals surface area contributed by atoms with Crippen molar-refractivity contribution in [1.82, 2.24) is 19.5 Å². The maximum absolute atomic E-state index is 5.97. The van der Waals surface area contributed by atoms with Crippen LogP contribution in [-0.4, -0.2) is 19.5 Å². The molecule has 0 atom stereocenters. The molecule has 0 bridgehead atoms. The second kappa shape index (κ2) is 4.86. The van der Waals surface area contributed by atoms with Crippen LogP contribution in [0.2, 0.25) is 0 Å². The van der Waals surface area contributed by atoms with Crippen LogP contribution in [0, 0.1) is 20.8 Å². The number of hydrogen-bond donors (Lipinski definition) is 1. The van der Waals surface area contributed by atoms with Gasteiger partial charge in [-0.15, -0.1) is 11.3 Å². The first kappa shape index (κ1) is 13.1. The number of nitrogens with two attached hydrogens (primary N) is 1. The van der Waals surface area contributed by atoms with Crippen LogP contribution in [0.1, 0.15) is 22.0 Å². The molecule has 0 aliphatic heterocycles. The van der Waals surface area contributed by atoms with Gasteiger partial charge in [-0.1, -0.05) is 0 Å². The molecule has 3 aromatic heterocycles. The highest BCUT2D eigenvalue weighted by atomic mass is 32.1. The van der Waals surface area contributed by atoms with Crippen molar-refractivity contribution < 1.29 is 0 Å². The molecule has 0 spiro atoms. The molecule has 2 N–H and O–H groups in total. The zero-order chi connectivity index (χ0) is 14.3. The standard InChI is InChI=1S/C14H17N5S/c1-8-9(2)19(5-4-11-6-20-10(3)18-11)14-12(8)13(15)16-7-17-14/h6-7H,4-5H2,1-3H3,(H2,15,16,17). The van der Waals surface area contributed by atoms with Crippen LogP contribution in [0.25, 0.3) is 11.0 Å². The summed E-state index contributed by atoms with van der Waals surface area (Å²) in [4.78, 5) is 13.0. The average Bonchev–Trinajstić information content (AvgIpc) is 2.93. The fourth-order valence-electron chi connectivity index (χ4n) is 2.52. The van der Waals surface area contributed by atoms with E-state index in [0.717, 1.165) is 40.3 Å². The van der Waals surface area contributed by atoms with Crippen LogP contribution in [0.5, 0.6) is 0 Å². The molecule has 3 aromatic rings. The average molecular weight is 287 g/mol. The first-order chi connectivity index (χ1) is 9.58. The van der Waals surface area contributed by atoms with Crippen molar-refractivity contribution in [3.05, 3.63) is 33.7 Å². The normalized spacial score (nSPS) is 11.3. The number of rotatable bonds is 3. The lowest BCUT2D eigenvalue weighted by Crippen LogP contribution is -2.05. The lowest BCUT2D eigenvalue weighted by atomic mass is 10.2. The van der Waals surface area contributed by atoms with Crippen molar-refractivity contribution in [2.45, 2.75) is 33.7 Å². The predicted octanol–water partition coefficient (Wildman–Crippen LogP) is 2.64. The Kier molecular flexibility index (Phi) is 3.17. The summed E-state index contributed by atoms with van der Waals surface area (Å²) in [6.07, 6.45) is 2.43. The Morgan fingerprint density at radius 2 is 2.05 bits per heavy atom. The van der Waals surface area contributed by atoms with Gasteiger partial charge in [-0.3, -0.25) is 0 Å². The number of fused-ring (bicyclic) bond motifs is 1. The summed E-state index contributed by atoms with van der Waals surface area (Å²) in [5.41, 5.74) is 10.4. The van der Waals surface area contributed by atoms with E-state index in [-0.39, 0.29) is 0 Å². The van der Waals surface area contributed by atoms with Gasteiger partial charge in [0.25, 0.3) is 0 Å². The maximum Gasteiger partial charge on any atom is 0.145 e.